The standard InChI is InChI=1S/C20H19F2N5O3/c1-13(14-6-8-15(9-7-14)27-12-23-11-25-27)26-18(28)10-24-19(29)16-4-2-3-5-17(16)30-20(21)22/h2-9,11-13,20H,10H2,1H3,(H,24,29)(H,26,28). The van der Waals surface area contributed by atoms with E-state index in [1.54, 1.807) is 17.9 Å². The second kappa shape index (κ2) is 9.59. The molecule has 2 amide bonds. The third-order valence-electron chi connectivity index (χ3n) is 4.21. The van der Waals surface area contributed by atoms with Crippen molar-refractivity contribution in [2.75, 3.05) is 6.54 Å². The van der Waals surface area contributed by atoms with Crippen LogP contribution in [0.3, 0.4) is 0 Å². The summed E-state index contributed by atoms with van der Waals surface area (Å²) in [5.74, 6) is -1.37. The zero-order valence-electron chi connectivity index (χ0n) is 16.0. The molecule has 2 aromatic carbocycles. The highest BCUT2D eigenvalue weighted by atomic mass is 19.3. The highest BCUT2D eigenvalue weighted by Crippen LogP contribution is 2.20. The van der Waals surface area contributed by atoms with Crippen molar-refractivity contribution in [1.82, 2.24) is 25.4 Å². The maximum atomic E-state index is 12.5. The molecule has 10 heteroatoms. The number of halogens is 2. The Kier molecular flexibility index (Phi) is 6.68. The van der Waals surface area contributed by atoms with Gasteiger partial charge in [0.15, 0.2) is 0 Å². The van der Waals surface area contributed by atoms with Crippen LogP contribution < -0.4 is 15.4 Å². The summed E-state index contributed by atoms with van der Waals surface area (Å²) in [6.07, 6.45) is 3.01. The molecule has 0 bridgehead atoms. The molecule has 3 rings (SSSR count). The van der Waals surface area contributed by atoms with Crippen molar-refractivity contribution in [2.24, 2.45) is 0 Å². The number of carbonyl (C=O) groups excluding carboxylic acids is 2. The summed E-state index contributed by atoms with van der Waals surface area (Å²) in [5, 5.41) is 9.21. The van der Waals surface area contributed by atoms with Gasteiger partial charge in [-0.25, -0.2) is 9.67 Å². The normalized spacial score (nSPS) is 11.7. The van der Waals surface area contributed by atoms with Crippen molar-refractivity contribution < 1.29 is 23.1 Å². The first-order chi connectivity index (χ1) is 14.4. The average molecular weight is 415 g/mol. The van der Waals surface area contributed by atoms with Crippen LogP contribution in [0.25, 0.3) is 5.69 Å². The van der Waals surface area contributed by atoms with Crippen LogP contribution in [0.4, 0.5) is 8.78 Å². The van der Waals surface area contributed by atoms with Crippen LogP contribution in [-0.2, 0) is 4.79 Å². The van der Waals surface area contributed by atoms with Gasteiger partial charge < -0.3 is 15.4 Å². The van der Waals surface area contributed by atoms with Crippen LogP contribution in [0.5, 0.6) is 5.75 Å². The molecule has 0 aliphatic carbocycles. The summed E-state index contributed by atoms with van der Waals surface area (Å²) in [7, 11) is 0. The quantitative estimate of drug-likeness (QED) is 0.589. The average Bonchev–Trinajstić information content (AvgIpc) is 3.27. The second-order valence-electron chi connectivity index (χ2n) is 6.28. The van der Waals surface area contributed by atoms with E-state index < -0.39 is 18.4 Å². The van der Waals surface area contributed by atoms with Crippen LogP contribution in [0.15, 0.2) is 61.2 Å². The van der Waals surface area contributed by atoms with Gasteiger partial charge in [-0.2, -0.15) is 13.9 Å². The Morgan fingerprint density at radius 2 is 1.87 bits per heavy atom. The van der Waals surface area contributed by atoms with Gasteiger partial charge in [-0.05, 0) is 36.8 Å². The van der Waals surface area contributed by atoms with E-state index in [-0.39, 0.29) is 23.9 Å². The molecule has 0 aliphatic heterocycles. The summed E-state index contributed by atoms with van der Waals surface area (Å²) in [5.41, 5.74) is 1.60. The van der Waals surface area contributed by atoms with Gasteiger partial charge in [0.2, 0.25) is 5.91 Å². The Morgan fingerprint density at radius 3 is 2.53 bits per heavy atom. The molecule has 156 valence electrons. The minimum Gasteiger partial charge on any atom is -0.434 e. The second-order valence-corrected chi connectivity index (χ2v) is 6.28. The lowest BCUT2D eigenvalue weighted by Crippen LogP contribution is -2.38. The van der Waals surface area contributed by atoms with Crippen molar-refractivity contribution in [3.63, 3.8) is 0 Å². The molecule has 0 aliphatic rings. The lowest BCUT2D eigenvalue weighted by molar-refractivity contribution is -0.120. The molecule has 0 fully saturated rings. The van der Waals surface area contributed by atoms with E-state index in [0.717, 1.165) is 11.3 Å². The first kappa shape index (κ1) is 20.9. The number of aromatic nitrogens is 3. The topological polar surface area (TPSA) is 98.1 Å². The van der Waals surface area contributed by atoms with Gasteiger partial charge in [0.05, 0.1) is 23.8 Å². The van der Waals surface area contributed by atoms with Crippen molar-refractivity contribution in [3.05, 3.63) is 72.3 Å². The van der Waals surface area contributed by atoms with Gasteiger partial charge in [-0.15, -0.1) is 0 Å². The van der Waals surface area contributed by atoms with Gasteiger partial charge >= 0.3 is 6.61 Å². The summed E-state index contributed by atoms with van der Waals surface area (Å²) >= 11 is 0. The number of alkyl halides is 2. The molecule has 1 atom stereocenters. The largest absolute Gasteiger partial charge is 0.434 e. The van der Waals surface area contributed by atoms with E-state index in [4.69, 9.17) is 0 Å². The van der Waals surface area contributed by atoms with Crippen molar-refractivity contribution in [2.45, 2.75) is 19.6 Å². The third kappa shape index (κ3) is 5.37. The molecule has 0 radical (unpaired) electrons. The Bertz CT molecular complexity index is 994. The Hall–Kier alpha value is -3.82. The lowest BCUT2D eigenvalue weighted by atomic mass is 10.1. The smallest absolute Gasteiger partial charge is 0.387 e. The van der Waals surface area contributed by atoms with E-state index in [0.29, 0.717) is 0 Å². The van der Waals surface area contributed by atoms with Gasteiger partial charge in [0, 0.05) is 0 Å². The van der Waals surface area contributed by atoms with Crippen LogP contribution in [0.2, 0.25) is 0 Å². The molecule has 30 heavy (non-hydrogen) atoms. The maximum absolute atomic E-state index is 12.5. The number of carbonyl (C=O) groups is 2. The van der Waals surface area contributed by atoms with E-state index in [1.165, 1.54) is 30.6 Å². The van der Waals surface area contributed by atoms with E-state index >= 15 is 0 Å². The SMILES string of the molecule is CC(NC(=O)CNC(=O)c1ccccc1OC(F)F)c1ccc(-n2cncn2)cc1. The van der Waals surface area contributed by atoms with Crippen LogP contribution in [0, 0.1) is 0 Å². The molecular formula is C20H19F2N5O3. The molecule has 8 nitrogen and oxygen atoms in total. The fourth-order valence-corrected chi connectivity index (χ4v) is 2.74. The summed E-state index contributed by atoms with van der Waals surface area (Å²) < 4.78 is 30.9. The molecular weight excluding hydrogens is 396 g/mol. The summed E-state index contributed by atoms with van der Waals surface area (Å²) in [6.45, 7) is -1.57. The summed E-state index contributed by atoms with van der Waals surface area (Å²) in [4.78, 5) is 28.3. The fraction of sp³-hybridized carbons (Fsp3) is 0.200. The van der Waals surface area contributed by atoms with Crippen LogP contribution in [0.1, 0.15) is 28.9 Å². The number of amides is 2. The number of nitrogens with one attached hydrogen (secondary N) is 2. The molecule has 3 aromatic rings. The van der Waals surface area contributed by atoms with Crippen LogP contribution in [-0.4, -0.2) is 39.7 Å². The summed E-state index contributed by atoms with van der Waals surface area (Å²) in [6, 6.07) is 12.6. The van der Waals surface area contributed by atoms with E-state index in [1.807, 2.05) is 24.3 Å². The van der Waals surface area contributed by atoms with Gasteiger partial charge in [0.1, 0.15) is 18.4 Å². The van der Waals surface area contributed by atoms with Gasteiger partial charge in [0.25, 0.3) is 5.91 Å². The number of para-hydroxylation sites is 1. The molecule has 0 saturated heterocycles. The Labute approximate surface area is 170 Å². The monoisotopic (exact) mass is 415 g/mol. The van der Waals surface area contributed by atoms with Crippen molar-refractivity contribution in [1.29, 1.82) is 0 Å². The first-order valence-electron chi connectivity index (χ1n) is 9.00. The number of hydrogen-bond acceptors (Lipinski definition) is 5. The Morgan fingerprint density at radius 1 is 1.13 bits per heavy atom. The van der Waals surface area contributed by atoms with Gasteiger partial charge in [-0.3, -0.25) is 9.59 Å². The maximum Gasteiger partial charge on any atom is 0.387 e. The predicted octanol–water partition coefficient (Wildman–Crippen LogP) is 2.48. The van der Waals surface area contributed by atoms with Crippen LogP contribution >= 0.6 is 0 Å². The zero-order valence-corrected chi connectivity index (χ0v) is 16.0. The van der Waals surface area contributed by atoms with Crippen molar-refractivity contribution in [3.8, 4) is 11.4 Å². The van der Waals surface area contributed by atoms with Gasteiger partial charge in [-0.1, -0.05) is 24.3 Å². The molecule has 1 unspecified atom stereocenters. The molecule has 0 saturated carbocycles. The zero-order chi connectivity index (χ0) is 21.5. The number of rotatable bonds is 8. The Balaban J connectivity index is 1.54. The lowest BCUT2D eigenvalue weighted by Gasteiger charge is -2.15. The molecule has 1 aromatic heterocycles. The first-order valence-corrected chi connectivity index (χ1v) is 9.00. The third-order valence-corrected chi connectivity index (χ3v) is 4.21. The number of benzene rings is 2. The number of hydrogen-bond donors (Lipinski definition) is 2. The fourth-order valence-electron chi connectivity index (χ4n) is 2.74. The van der Waals surface area contributed by atoms with E-state index in [9.17, 15) is 18.4 Å². The minimum absolute atomic E-state index is 0.0812. The molecule has 0 spiro atoms. The molecule has 1 heterocycles. The molecule has 2 N–H and O–H groups in total. The number of nitrogens with zero attached hydrogens (tertiary/aromatic N) is 3. The highest BCUT2D eigenvalue weighted by molar-refractivity contribution is 5.98. The van der Waals surface area contributed by atoms with Crippen molar-refractivity contribution >= 4 is 11.8 Å². The highest BCUT2D eigenvalue weighted by Gasteiger charge is 2.17. The number of ether oxygens (including phenoxy) is 1. The minimum atomic E-state index is -3.06. The predicted molar refractivity (Wildman–Crippen MR) is 103 cm³/mol. The van der Waals surface area contributed by atoms with E-state index in [2.05, 4.69) is 25.5 Å².